The second kappa shape index (κ2) is 10.2. The number of hydrogen-bond donors (Lipinski definition) is 1. The largest absolute Gasteiger partial charge is 0.484 e. The molecule has 1 aliphatic rings. The van der Waals surface area contributed by atoms with E-state index in [1.165, 1.54) is 4.90 Å². The van der Waals surface area contributed by atoms with Gasteiger partial charge in [-0.1, -0.05) is 54.1 Å². The first-order valence-corrected chi connectivity index (χ1v) is 10.7. The molecule has 1 N–H and O–H groups in total. The summed E-state index contributed by atoms with van der Waals surface area (Å²) in [6.07, 6.45) is -0.0897. The number of carbonyl (C=O) groups is 2. The molecule has 0 aromatic heterocycles. The summed E-state index contributed by atoms with van der Waals surface area (Å²) >= 11 is 5.89. The molecule has 7 heteroatoms. The number of ether oxygens (including phenoxy) is 2. The van der Waals surface area contributed by atoms with Crippen LogP contribution in [0.1, 0.15) is 5.56 Å². The zero-order valence-electron chi connectivity index (χ0n) is 17.4. The summed E-state index contributed by atoms with van der Waals surface area (Å²) in [5.74, 6) is 0.506. The average molecular weight is 451 g/mol. The summed E-state index contributed by atoms with van der Waals surface area (Å²) in [5, 5.41) is 3.50. The molecule has 164 valence electrons. The minimum absolute atomic E-state index is 0.108. The summed E-state index contributed by atoms with van der Waals surface area (Å²) in [5.41, 5.74) is 1.75. The molecule has 0 radical (unpaired) electrons. The van der Waals surface area contributed by atoms with Crippen LogP contribution in [0.25, 0.3) is 0 Å². The molecule has 3 aromatic carbocycles. The molecule has 0 unspecified atom stereocenters. The first-order chi connectivity index (χ1) is 15.6. The smallest absolute Gasteiger partial charge is 0.265 e. The zero-order valence-corrected chi connectivity index (χ0v) is 18.1. The van der Waals surface area contributed by atoms with E-state index in [1.54, 1.807) is 42.5 Å². The van der Waals surface area contributed by atoms with Gasteiger partial charge in [0.15, 0.2) is 12.7 Å². The van der Waals surface area contributed by atoms with Gasteiger partial charge in [-0.3, -0.25) is 9.59 Å². The quantitative estimate of drug-likeness (QED) is 0.593. The molecular weight excluding hydrogens is 428 g/mol. The maximum absolute atomic E-state index is 13.0. The van der Waals surface area contributed by atoms with Gasteiger partial charge >= 0.3 is 0 Å². The van der Waals surface area contributed by atoms with Crippen LogP contribution in [-0.2, 0) is 16.0 Å². The van der Waals surface area contributed by atoms with Gasteiger partial charge < -0.3 is 19.7 Å². The molecule has 0 bridgehead atoms. The molecule has 0 spiro atoms. The topological polar surface area (TPSA) is 67.9 Å². The van der Waals surface area contributed by atoms with Gasteiger partial charge in [-0.25, -0.2) is 0 Å². The van der Waals surface area contributed by atoms with Crippen molar-refractivity contribution in [3.63, 3.8) is 0 Å². The Labute approximate surface area is 191 Å². The standard InChI is InChI=1S/C25H23ClN2O4/c26-19-10-12-20(13-11-19)31-17-24(29)28-16-23(32-22-9-5-4-8-21(22)28)25(30)27-15-14-18-6-2-1-3-7-18/h1-13,23H,14-17H2,(H,27,30)/t23-/m0/s1. The fourth-order valence-electron chi connectivity index (χ4n) is 3.45. The van der Waals surface area contributed by atoms with Crippen molar-refractivity contribution in [2.45, 2.75) is 12.5 Å². The van der Waals surface area contributed by atoms with E-state index >= 15 is 0 Å². The lowest BCUT2D eigenvalue weighted by Gasteiger charge is -2.34. The number of nitrogens with one attached hydrogen (secondary N) is 1. The molecule has 1 aliphatic heterocycles. The summed E-state index contributed by atoms with van der Waals surface area (Å²) in [6, 6.07) is 23.9. The number of carbonyl (C=O) groups excluding carboxylic acids is 2. The van der Waals surface area contributed by atoms with Crippen LogP contribution in [0.5, 0.6) is 11.5 Å². The van der Waals surface area contributed by atoms with Crippen molar-refractivity contribution in [1.29, 1.82) is 0 Å². The van der Waals surface area contributed by atoms with Crippen LogP contribution in [-0.4, -0.2) is 37.6 Å². The number of rotatable bonds is 7. The van der Waals surface area contributed by atoms with Gasteiger partial charge in [0.2, 0.25) is 0 Å². The third-order valence-electron chi connectivity index (χ3n) is 5.10. The number of anilines is 1. The van der Waals surface area contributed by atoms with Crippen molar-refractivity contribution in [2.24, 2.45) is 0 Å². The van der Waals surface area contributed by atoms with Crippen molar-refractivity contribution < 1.29 is 19.1 Å². The highest BCUT2D eigenvalue weighted by atomic mass is 35.5. The molecule has 0 saturated carbocycles. The number of fused-ring (bicyclic) bond motifs is 1. The van der Waals surface area contributed by atoms with Crippen LogP contribution in [0.2, 0.25) is 5.02 Å². The SMILES string of the molecule is O=C(NCCc1ccccc1)[C@@H]1CN(C(=O)COc2ccc(Cl)cc2)c2ccccc2O1. The molecule has 0 fully saturated rings. The lowest BCUT2D eigenvalue weighted by Crippen LogP contribution is -2.52. The first-order valence-electron chi connectivity index (χ1n) is 10.4. The fourth-order valence-corrected chi connectivity index (χ4v) is 3.58. The van der Waals surface area contributed by atoms with Gasteiger partial charge in [0.25, 0.3) is 11.8 Å². The van der Waals surface area contributed by atoms with E-state index in [0.717, 1.165) is 5.56 Å². The maximum Gasteiger partial charge on any atom is 0.265 e. The zero-order chi connectivity index (χ0) is 22.3. The third-order valence-corrected chi connectivity index (χ3v) is 5.35. The molecule has 6 nitrogen and oxygen atoms in total. The van der Waals surface area contributed by atoms with Crippen LogP contribution in [0.3, 0.4) is 0 Å². The summed E-state index contributed by atoms with van der Waals surface area (Å²) in [7, 11) is 0. The van der Waals surface area contributed by atoms with Crippen molar-refractivity contribution in [3.05, 3.63) is 89.4 Å². The molecule has 0 saturated heterocycles. The number of nitrogens with zero attached hydrogens (tertiary/aromatic N) is 1. The molecular formula is C25H23ClN2O4. The van der Waals surface area contributed by atoms with E-state index in [9.17, 15) is 9.59 Å². The molecule has 4 rings (SSSR count). The predicted octanol–water partition coefficient (Wildman–Crippen LogP) is 3.87. The molecule has 3 aromatic rings. The van der Waals surface area contributed by atoms with Crippen LogP contribution in [0, 0.1) is 0 Å². The number of hydrogen-bond acceptors (Lipinski definition) is 4. The van der Waals surface area contributed by atoms with Crippen LogP contribution in [0.4, 0.5) is 5.69 Å². The van der Waals surface area contributed by atoms with E-state index in [-0.39, 0.29) is 25.0 Å². The minimum Gasteiger partial charge on any atom is -0.484 e. The Bertz CT molecular complexity index is 1070. The van der Waals surface area contributed by atoms with Crippen molar-refractivity contribution in [3.8, 4) is 11.5 Å². The highest BCUT2D eigenvalue weighted by Crippen LogP contribution is 2.33. The summed E-state index contributed by atoms with van der Waals surface area (Å²) in [6.45, 7) is 0.424. The number of halogens is 1. The molecule has 2 amide bonds. The van der Waals surface area contributed by atoms with Gasteiger partial charge in [-0.15, -0.1) is 0 Å². The van der Waals surface area contributed by atoms with E-state index in [4.69, 9.17) is 21.1 Å². The Hall–Kier alpha value is -3.51. The van der Waals surface area contributed by atoms with Crippen LogP contribution >= 0.6 is 11.6 Å². The Morgan fingerprint density at radius 2 is 1.72 bits per heavy atom. The molecule has 1 atom stereocenters. The van der Waals surface area contributed by atoms with Gasteiger partial charge in [-0.2, -0.15) is 0 Å². The summed E-state index contributed by atoms with van der Waals surface area (Å²) < 4.78 is 11.5. The Balaban J connectivity index is 1.39. The molecule has 0 aliphatic carbocycles. The monoisotopic (exact) mass is 450 g/mol. The average Bonchev–Trinajstić information content (AvgIpc) is 2.83. The van der Waals surface area contributed by atoms with Gasteiger partial charge in [0.1, 0.15) is 11.5 Å². The van der Waals surface area contributed by atoms with E-state index in [0.29, 0.717) is 35.2 Å². The second-order valence-electron chi connectivity index (χ2n) is 7.35. The Morgan fingerprint density at radius 3 is 2.50 bits per heavy atom. The summed E-state index contributed by atoms with van der Waals surface area (Å²) in [4.78, 5) is 27.3. The molecule has 1 heterocycles. The van der Waals surface area contributed by atoms with Crippen molar-refractivity contribution in [2.75, 3.05) is 24.6 Å². The predicted molar refractivity (Wildman–Crippen MR) is 123 cm³/mol. The van der Waals surface area contributed by atoms with Gasteiger partial charge in [-0.05, 0) is 48.4 Å². The number of amides is 2. The lowest BCUT2D eigenvalue weighted by molar-refractivity contribution is -0.128. The highest BCUT2D eigenvalue weighted by Gasteiger charge is 2.33. The van der Waals surface area contributed by atoms with E-state index in [1.807, 2.05) is 36.4 Å². The second-order valence-corrected chi connectivity index (χ2v) is 7.78. The van der Waals surface area contributed by atoms with Crippen LogP contribution < -0.4 is 19.7 Å². The lowest BCUT2D eigenvalue weighted by atomic mass is 10.1. The minimum atomic E-state index is -0.805. The number of benzene rings is 3. The number of para-hydroxylation sites is 2. The maximum atomic E-state index is 13.0. The Morgan fingerprint density at radius 1 is 1.00 bits per heavy atom. The van der Waals surface area contributed by atoms with E-state index in [2.05, 4.69) is 5.32 Å². The van der Waals surface area contributed by atoms with Gasteiger partial charge in [0, 0.05) is 11.6 Å². The van der Waals surface area contributed by atoms with Crippen molar-refractivity contribution >= 4 is 29.1 Å². The van der Waals surface area contributed by atoms with Gasteiger partial charge in [0.05, 0.1) is 12.2 Å². The highest BCUT2D eigenvalue weighted by molar-refractivity contribution is 6.30. The normalized spacial score (nSPS) is 14.8. The Kier molecular flexibility index (Phi) is 6.92. The van der Waals surface area contributed by atoms with Crippen LogP contribution in [0.15, 0.2) is 78.9 Å². The third kappa shape index (κ3) is 5.39. The first kappa shape index (κ1) is 21.7. The molecule has 32 heavy (non-hydrogen) atoms. The van der Waals surface area contributed by atoms with Crippen molar-refractivity contribution in [1.82, 2.24) is 5.32 Å². The fraction of sp³-hybridized carbons (Fsp3) is 0.200. The van der Waals surface area contributed by atoms with E-state index < -0.39 is 6.10 Å².